The van der Waals surface area contributed by atoms with E-state index < -0.39 is 0 Å². The van der Waals surface area contributed by atoms with Crippen LogP contribution in [0.2, 0.25) is 0 Å². The fraction of sp³-hybridized carbons (Fsp3) is 0.462. The van der Waals surface area contributed by atoms with Crippen molar-refractivity contribution < 1.29 is 0 Å². The molecule has 0 aliphatic carbocycles. The van der Waals surface area contributed by atoms with Crippen LogP contribution in [-0.4, -0.2) is 19.7 Å². The lowest BCUT2D eigenvalue weighted by atomic mass is 10.2. The highest BCUT2D eigenvalue weighted by Crippen LogP contribution is 2.10. The Morgan fingerprint density at radius 3 is 2.50 bits per heavy atom. The van der Waals surface area contributed by atoms with E-state index >= 15 is 0 Å². The summed E-state index contributed by atoms with van der Waals surface area (Å²) in [5.41, 5.74) is 4.27. The topological polar surface area (TPSA) is 55.6 Å². The van der Waals surface area contributed by atoms with Gasteiger partial charge in [-0.05, 0) is 26.3 Å². The van der Waals surface area contributed by atoms with Crippen molar-refractivity contribution in [3.8, 4) is 0 Å². The SMILES string of the molecule is CCc1nn(C)cc1CNc1nc(C)cc(C)n1. The molecule has 5 nitrogen and oxygen atoms in total. The van der Waals surface area contributed by atoms with Gasteiger partial charge in [-0.1, -0.05) is 6.92 Å². The normalized spacial score (nSPS) is 10.7. The van der Waals surface area contributed by atoms with Crippen LogP contribution >= 0.6 is 0 Å². The molecule has 2 aromatic rings. The fourth-order valence-electron chi connectivity index (χ4n) is 2.01. The molecular weight excluding hydrogens is 226 g/mol. The second-order valence-corrected chi connectivity index (χ2v) is 4.46. The third kappa shape index (κ3) is 2.85. The van der Waals surface area contributed by atoms with Crippen molar-refractivity contribution in [2.75, 3.05) is 5.32 Å². The van der Waals surface area contributed by atoms with Crippen LogP contribution in [-0.2, 0) is 20.0 Å². The summed E-state index contributed by atoms with van der Waals surface area (Å²) in [6.45, 7) is 6.77. The minimum absolute atomic E-state index is 0.679. The maximum absolute atomic E-state index is 4.41. The zero-order chi connectivity index (χ0) is 13.1. The molecule has 0 aliphatic heterocycles. The van der Waals surface area contributed by atoms with E-state index in [0.29, 0.717) is 12.5 Å². The summed E-state index contributed by atoms with van der Waals surface area (Å²) in [5, 5.41) is 7.67. The smallest absolute Gasteiger partial charge is 0.223 e. The van der Waals surface area contributed by atoms with Crippen molar-refractivity contribution in [1.82, 2.24) is 19.7 Å². The third-order valence-electron chi connectivity index (χ3n) is 2.75. The molecule has 96 valence electrons. The number of nitrogens with one attached hydrogen (secondary N) is 1. The van der Waals surface area contributed by atoms with Gasteiger partial charge < -0.3 is 5.32 Å². The Morgan fingerprint density at radius 1 is 1.22 bits per heavy atom. The van der Waals surface area contributed by atoms with Gasteiger partial charge in [-0.25, -0.2) is 9.97 Å². The summed E-state index contributed by atoms with van der Waals surface area (Å²) in [7, 11) is 1.94. The molecule has 0 radical (unpaired) electrons. The number of aryl methyl sites for hydroxylation is 4. The van der Waals surface area contributed by atoms with Crippen LogP contribution < -0.4 is 5.32 Å². The highest BCUT2D eigenvalue weighted by molar-refractivity contribution is 5.30. The Bertz CT molecular complexity index is 524. The molecule has 2 heterocycles. The lowest BCUT2D eigenvalue weighted by Crippen LogP contribution is -2.06. The molecule has 0 aromatic carbocycles. The molecule has 0 spiro atoms. The van der Waals surface area contributed by atoms with Crippen molar-refractivity contribution in [1.29, 1.82) is 0 Å². The summed E-state index contributed by atoms with van der Waals surface area (Å²) in [5.74, 6) is 0.679. The highest BCUT2D eigenvalue weighted by atomic mass is 15.3. The molecule has 0 amide bonds. The van der Waals surface area contributed by atoms with Crippen LogP contribution in [0.3, 0.4) is 0 Å². The number of nitrogens with zero attached hydrogens (tertiary/aromatic N) is 4. The Morgan fingerprint density at radius 2 is 1.89 bits per heavy atom. The summed E-state index contributed by atoms with van der Waals surface area (Å²) in [4.78, 5) is 8.72. The van der Waals surface area contributed by atoms with E-state index in [0.717, 1.165) is 23.5 Å². The standard InChI is InChI=1S/C13H19N5/c1-5-12-11(8-18(4)17-12)7-14-13-15-9(2)6-10(3)16-13/h6,8H,5,7H2,1-4H3,(H,14,15,16). The van der Waals surface area contributed by atoms with Gasteiger partial charge in [0.25, 0.3) is 0 Å². The fourth-order valence-corrected chi connectivity index (χ4v) is 2.01. The predicted octanol–water partition coefficient (Wildman–Crippen LogP) is 2.00. The van der Waals surface area contributed by atoms with Crippen LogP contribution in [0.1, 0.15) is 29.6 Å². The van der Waals surface area contributed by atoms with E-state index in [1.807, 2.05) is 37.8 Å². The van der Waals surface area contributed by atoms with Crippen molar-refractivity contribution in [3.05, 3.63) is 34.9 Å². The number of rotatable bonds is 4. The highest BCUT2D eigenvalue weighted by Gasteiger charge is 2.06. The van der Waals surface area contributed by atoms with E-state index in [1.54, 1.807) is 0 Å². The van der Waals surface area contributed by atoms with E-state index in [4.69, 9.17) is 0 Å². The summed E-state index contributed by atoms with van der Waals surface area (Å²) >= 11 is 0. The molecule has 2 rings (SSSR count). The van der Waals surface area contributed by atoms with Gasteiger partial charge in [-0.3, -0.25) is 4.68 Å². The average Bonchev–Trinajstić information content (AvgIpc) is 2.66. The second-order valence-electron chi connectivity index (χ2n) is 4.46. The van der Waals surface area contributed by atoms with Gasteiger partial charge in [0.2, 0.25) is 5.95 Å². The molecule has 0 aliphatic rings. The average molecular weight is 245 g/mol. The van der Waals surface area contributed by atoms with Crippen molar-refractivity contribution >= 4 is 5.95 Å². The maximum atomic E-state index is 4.41. The third-order valence-corrected chi connectivity index (χ3v) is 2.75. The lowest BCUT2D eigenvalue weighted by molar-refractivity contribution is 0.746. The van der Waals surface area contributed by atoms with E-state index in [9.17, 15) is 0 Å². The van der Waals surface area contributed by atoms with Gasteiger partial charge in [-0.2, -0.15) is 5.10 Å². The van der Waals surface area contributed by atoms with Crippen LogP contribution in [0.4, 0.5) is 5.95 Å². The Kier molecular flexibility index (Phi) is 3.60. The van der Waals surface area contributed by atoms with Crippen LogP contribution in [0.25, 0.3) is 0 Å². The second kappa shape index (κ2) is 5.16. The molecule has 0 saturated carbocycles. The first-order chi connectivity index (χ1) is 8.58. The van der Waals surface area contributed by atoms with Crippen molar-refractivity contribution in [3.63, 3.8) is 0 Å². The van der Waals surface area contributed by atoms with Crippen molar-refractivity contribution in [2.24, 2.45) is 7.05 Å². The minimum Gasteiger partial charge on any atom is -0.350 e. The molecule has 0 unspecified atom stereocenters. The van der Waals surface area contributed by atoms with Crippen LogP contribution in [0, 0.1) is 13.8 Å². The molecular formula is C13H19N5. The van der Waals surface area contributed by atoms with Gasteiger partial charge in [-0.15, -0.1) is 0 Å². The quantitative estimate of drug-likeness (QED) is 0.895. The van der Waals surface area contributed by atoms with E-state index in [1.165, 1.54) is 5.56 Å². The van der Waals surface area contributed by atoms with Gasteiger partial charge in [0.15, 0.2) is 0 Å². The van der Waals surface area contributed by atoms with Gasteiger partial charge in [0.1, 0.15) is 0 Å². The number of aromatic nitrogens is 4. The molecule has 1 N–H and O–H groups in total. The van der Waals surface area contributed by atoms with Crippen LogP contribution in [0.15, 0.2) is 12.3 Å². The first-order valence-electron chi connectivity index (χ1n) is 6.16. The molecule has 0 atom stereocenters. The zero-order valence-electron chi connectivity index (χ0n) is 11.4. The number of hydrogen-bond donors (Lipinski definition) is 1. The predicted molar refractivity (Wildman–Crippen MR) is 71.4 cm³/mol. The Labute approximate surface area is 107 Å². The maximum Gasteiger partial charge on any atom is 0.223 e. The Balaban J connectivity index is 2.11. The summed E-state index contributed by atoms with van der Waals surface area (Å²) in [6.07, 6.45) is 2.97. The van der Waals surface area contributed by atoms with E-state index in [2.05, 4.69) is 27.3 Å². The largest absolute Gasteiger partial charge is 0.350 e. The first kappa shape index (κ1) is 12.5. The number of hydrogen-bond acceptors (Lipinski definition) is 4. The monoisotopic (exact) mass is 245 g/mol. The first-order valence-corrected chi connectivity index (χ1v) is 6.16. The number of anilines is 1. The van der Waals surface area contributed by atoms with Gasteiger partial charge in [0.05, 0.1) is 5.69 Å². The molecule has 0 fully saturated rings. The lowest BCUT2D eigenvalue weighted by Gasteiger charge is -2.06. The van der Waals surface area contributed by atoms with Crippen molar-refractivity contribution in [2.45, 2.75) is 33.7 Å². The van der Waals surface area contributed by atoms with Crippen LogP contribution in [0.5, 0.6) is 0 Å². The minimum atomic E-state index is 0.679. The summed E-state index contributed by atoms with van der Waals surface area (Å²) < 4.78 is 1.85. The molecule has 2 aromatic heterocycles. The molecule has 18 heavy (non-hydrogen) atoms. The van der Waals surface area contributed by atoms with Gasteiger partial charge >= 0.3 is 0 Å². The molecule has 5 heteroatoms. The summed E-state index contributed by atoms with van der Waals surface area (Å²) in [6, 6.07) is 1.97. The Hall–Kier alpha value is -1.91. The zero-order valence-corrected chi connectivity index (χ0v) is 11.4. The van der Waals surface area contributed by atoms with Gasteiger partial charge in [0, 0.05) is 36.7 Å². The van der Waals surface area contributed by atoms with E-state index in [-0.39, 0.29) is 0 Å². The molecule has 0 saturated heterocycles. The molecule has 0 bridgehead atoms.